The molecule has 0 saturated heterocycles. The number of nitrogens with zero attached hydrogens (tertiary/aromatic N) is 2. The van der Waals surface area contributed by atoms with Crippen LogP contribution in [0.15, 0.2) is 36.4 Å². The van der Waals surface area contributed by atoms with Crippen molar-refractivity contribution in [3.05, 3.63) is 47.7 Å². The second-order valence-corrected chi connectivity index (χ2v) is 5.01. The minimum absolute atomic E-state index is 0.00199. The molecule has 0 fully saturated rings. The Morgan fingerprint density at radius 3 is 2.81 bits per heavy atom. The lowest BCUT2D eigenvalue weighted by Gasteiger charge is -2.07. The van der Waals surface area contributed by atoms with Gasteiger partial charge in [0, 0.05) is 12.5 Å². The molecule has 112 valence electrons. The van der Waals surface area contributed by atoms with Crippen LogP contribution in [0.1, 0.15) is 24.1 Å². The van der Waals surface area contributed by atoms with Crippen molar-refractivity contribution in [1.29, 1.82) is 0 Å². The Hall–Kier alpha value is -2.14. The van der Waals surface area contributed by atoms with Crippen LogP contribution < -0.4 is 5.32 Å². The Morgan fingerprint density at radius 1 is 1.33 bits per heavy atom. The van der Waals surface area contributed by atoms with Gasteiger partial charge in [-0.15, -0.1) is 0 Å². The van der Waals surface area contributed by atoms with Crippen LogP contribution in [-0.2, 0) is 17.8 Å². The summed E-state index contributed by atoms with van der Waals surface area (Å²) in [5, 5.41) is 16.1. The van der Waals surface area contributed by atoms with E-state index in [-0.39, 0.29) is 12.5 Å². The third-order valence-electron chi connectivity index (χ3n) is 3.19. The molecular formula is C16H21N3O2. The zero-order valence-corrected chi connectivity index (χ0v) is 12.2. The monoisotopic (exact) mass is 287 g/mol. The molecule has 0 aliphatic rings. The molecule has 1 amide bonds. The highest BCUT2D eigenvalue weighted by atomic mass is 16.3. The molecule has 0 unspecified atom stereocenters. The van der Waals surface area contributed by atoms with Gasteiger partial charge in [-0.05, 0) is 25.3 Å². The number of benzene rings is 1. The molecular weight excluding hydrogens is 266 g/mol. The first-order valence-corrected chi connectivity index (χ1v) is 7.18. The average Bonchev–Trinajstić information content (AvgIpc) is 2.80. The standard InChI is InChI=1S/C16H21N3O2/c1-13-12-15(19(18-13)10-11-20)17-16(21)9-5-8-14-6-3-2-4-7-14/h2-4,6-7,12,20H,5,8-11H2,1H3,(H,17,21). The Labute approximate surface area is 124 Å². The summed E-state index contributed by atoms with van der Waals surface area (Å²) in [5.41, 5.74) is 2.06. The van der Waals surface area contributed by atoms with E-state index in [9.17, 15) is 4.79 Å². The van der Waals surface area contributed by atoms with Gasteiger partial charge in [0.1, 0.15) is 5.82 Å². The molecule has 2 rings (SSSR count). The van der Waals surface area contributed by atoms with Gasteiger partial charge in [0.2, 0.25) is 5.91 Å². The van der Waals surface area contributed by atoms with Crippen LogP contribution in [-0.4, -0.2) is 27.4 Å². The van der Waals surface area contributed by atoms with E-state index in [4.69, 9.17) is 5.11 Å². The maximum absolute atomic E-state index is 12.0. The second-order valence-electron chi connectivity index (χ2n) is 5.01. The third-order valence-corrected chi connectivity index (χ3v) is 3.19. The van der Waals surface area contributed by atoms with Gasteiger partial charge < -0.3 is 10.4 Å². The molecule has 0 saturated carbocycles. The fraction of sp³-hybridized carbons (Fsp3) is 0.375. The number of hydrogen-bond donors (Lipinski definition) is 2. The largest absolute Gasteiger partial charge is 0.394 e. The van der Waals surface area contributed by atoms with E-state index >= 15 is 0 Å². The van der Waals surface area contributed by atoms with Crippen molar-refractivity contribution >= 4 is 11.7 Å². The predicted molar refractivity (Wildman–Crippen MR) is 82.1 cm³/mol. The molecule has 1 aromatic carbocycles. The van der Waals surface area contributed by atoms with Crippen molar-refractivity contribution in [2.75, 3.05) is 11.9 Å². The first-order valence-electron chi connectivity index (χ1n) is 7.18. The molecule has 21 heavy (non-hydrogen) atoms. The molecule has 5 nitrogen and oxygen atoms in total. The van der Waals surface area contributed by atoms with E-state index < -0.39 is 0 Å². The van der Waals surface area contributed by atoms with Gasteiger partial charge in [-0.1, -0.05) is 30.3 Å². The highest BCUT2D eigenvalue weighted by Gasteiger charge is 2.08. The number of aryl methyl sites for hydroxylation is 2. The topological polar surface area (TPSA) is 67.2 Å². The summed E-state index contributed by atoms with van der Waals surface area (Å²) < 4.78 is 1.62. The molecule has 1 aromatic heterocycles. The smallest absolute Gasteiger partial charge is 0.225 e. The summed E-state index contributed by atoms with van der Waals surface area (Å²) in [7, 11) is 0. The number of rotatable bonds is 7. The molecule has 2 N–H and O–H groups in total. The Bertz CT molecular complexity index is 578. The zero-order valence-electron chi connectivity index (χ0n) is 12.2. The molecule has 0 aliphatic heterocycles. The normalized spacial score (nSPS) is 10.6. The summed E-state index contributed by atoms with van der Waals surface area (Å²) >= 11 is 0. The molecule has 0 spiro atoms. The number of carbonyl (C=O) groups is 1. The van der Waals surface area contributed by atoms with Gasteiger partial charge in [0.15, 0.2) is 0 Å². The van der Waals surface area contributed by atoms with Crippen LogP contribution in [0.4, 0.5) is 5.82 Å². The lowest BCUT2D eigenvalue weighted by Crippen LogP contribution is -2.16. The number of hydrogen-bond acceptors (Lipinski definition) is 3. The van der Waals surface area contributed by atoms with Gasteiger partial charge in [0.25, 0.3) is 0 Å². The highest BCUT2D eigenvalue weighted by Crippen LogP contribution is 2.11. The molecule has 2 aromatic rings. The van der Waals surface area contributed by atoms with Gasteiger partial charge >= 0.3 is 0 Å². The van der Waals surface area contributed by atoms with Crippen LogP contribution in [0.3, 0.4) is 0 Å². The van der Waals surface area contributed by atoms with Crippen molar-refractivity contribution in [1.82, 2.24) is 9.78 Å². The van der Waals surface area contributed by atoms with E-state index in [2.05, 4.69) is 22.5 Å². The van der Waals surface area contributed by atoms with E-state index in [1.165, 1.54) is 5.56 Å². The second kappa shape index (κ2) is 7.59. The zero-order chi connectivity index (χ0) is 15.1. The number of nitrogens with one attached hydrogen (secondary N) is 1. The lowest BCUT2D eigenvalue weighted by molar-refractivity contribution is -0.116. The summed E-state index contributed by atoms with van der Waals surface area (Å²) in [5.74, 6) is 0.622. The molecule has 0 bridgehead atoms. The Balaban J connectivity index is 1.82. The van der Waals surface area contributed by atoms with Crippen LogP contribution >= 0.6 is 0 Å². The van der Waals surface area contributed by atoms with Crippen molar-refractivity contribution < 1.29 is 9.90 Å². The lowest BCUT2D eigenvalue weighted by atomic mass is 10.1. The maximum Gasteiger partial charge on any atom is 0.225 e. The Kier molecular flexibility index (Phi) is 5.51. The van der Waals surface area contributed by atoms with Crippen LogP contribution in [0.2, 0.25) is 0 Å². The number of aliphatic hydroxyl groups excluding tert-OH is 1. The first-order chi connectivity index (χ1) is 10.2. The van der Waals surface area contributed by atoms with Gasteiger partial charge in [-0.25, -0.2) is 4.68 Å². The summed E-state index contributed by atoms with van der Waals surface area (Å²) in [4.78, 5) is 12.0. The Morgan fingerprint density at radius 2 is 2.10 bits per heavy atom. The number of aliphatic hydroxyl groups is 1. The van der Waals surface area contributed by atoms with E-state index in [1.54, 1.807) is 4.68 Å². The number of aromatic nitrogens is 2. The molecule has 0 aliphatic carbocycles. The fourth-order valence-electron chi connectivity index (χ4n) is 2.21. The first kappa shape index (κ1) is 15.3. The summed E-state index contributed by atoms with van der Waals surface area (Å²) in [6, 6.07) is 11.9. The quantitative estimate of drug-likeness (QED) is 0.820. The molecule has 1 heterocycles. The fourth-order valence-corrected chi connectivity index (χ4v) is 2.21. The van der Waals surface area contributed by atoms with Crippen LogP contribution in [0.25, 0.3) is 0 Å². The number of carbonyl (C=O) groups excluding carboxylic acids is 1. The maximum atomic E-state index is 12.0. The SMILES string of the molecule is Cc1cc(NC(=O)CCCc2ccccc2)n(CCO)n1. The van der Waals surface area contributed by atoms with Crippen LogP contribution in [0, 0.1) is 6.92 Å². The molecule has 0 atom stereocenters. The van der Waals surface area contributed by atoms with Crippen molar-refractivity contribution in [2.24, 2.45) is 0 Å². The van der Waals surface area contributed by atoms with Crippen molar-refractivity contribution in [3.8, 4) is 0 Å². The predicted octanol–water partition coefficient (Wildman–Crippen LogP) is 2.15. The molecule has 0 radical (unpaired) electrons. The number of anilines is 1. The number of amides is 1. The van der Waals surface area contributed by atoms with Crippen molar-refractivity contribution in [2.45, 2.75) is 32.7 Å². The minimum atomic E-state index is -0.0231. The summed E-state index contributed by atoms with van der Waals surface area (Å²) in [6.07, 6.45) is 2.17. The van der Waals surface area contributed by atoms with E-state index in [1.807, 2.05) is 31.2 Å². The van der Waals surface area contributed by atoms with Gasteiger partial charge in [0.05, 0.1) is 18.8 Å². The highest BCUT2D eigenvalue weighted by molar-refractivity contribution is 5.89. The van der Waals surface area contributed by atoms with Crippen LogP contribution in [0.5, 0.6) is 0 Å². The third kappa shape index (κ3) is 4.72. The van der Waals surface area contributed by atoms with Crippen molar-refractivity contribution in [3.63, 3.8) is 0 Å². The van der Waals surface area contributed by atoms with E-state index in [0.29, 0.717) is 18.8 Å². The van der Waals surface area contributed by atoms with E-state index in [0.717, 1.165) is 18.5 Å². The minimum Gasteiger partial charge on any atom is -0.394 e. The molecule has 5 heteroatoms. The summed E-state index contributed by atoms with van der Waals surface area (Å²) in [6.45, 7) is 2.24. The average molecular weight is 287 g/mol. The van der Waals surface area contributed by atoms with Gasteiger partial charge in [-0.2, -0.15) is 5.10 Å². The van der Waals surface area contributed by atoms with Gasteiger partial charge in [-0.3, -0.25) is 4.79 Å².